The highest BCUT2D eigenvalue weighted by atomic mass is 16.2. The molecule has 1 unspecified atom stereocenters. The molecular formula is C11H16N2O3. The highest BCUT2D eigenvalue weighted by Crippen LogP contribution is 2.14. The number of nitrogens with one attached hydrogen (secondary N) is 2. The topological polar surface area (TPSA) is 75.3 Å². The van der Waals surface area contributed by atoms with Gasteiger partial charge >= 0.3 is 11.8 Å². The van der Waals surface area contributed by atoms with Crippen molar-refractivity contribution in [2.45, 2.75) is 31.7 Å². The molecule has 1 aliphatic rings. The molecule has 1 atom stereocenters. The van der Waals surface area contributed by atoms with Gasteiger partial charge in [-0.1, -0.05) is 12.5 Å². The van der Waals surface area contributed by atoms with Gasteiger partial charge < -0.3 is 10.6 Å². The zero-order chi connectivity index (χ0) is 12.0. The zero-order valence-corrected chi connectivity index (χ0v) is 9.12. The molecule has 0 radical (unpaired) electrons. The van der Waals surface area contributed by atoms with E-state index in [0.717, 1.165) is 12.8 Å². The third kappa shape index (κ3) is 3.49. The summed E-state index contributed by atoms with van der Waals surface area (Å²) in [4.78, 5) is 34.0. The zero-order valence-electron chi connectivity index (χ0n) is 9.12. The number of amides is 2. The summed E-state index contributed by atoms with van der Waals surface area (Å²) >= 11 is 0. The highest BCUT2D eigenvalue weighted by molar-refractivity contribution is 6.35. The monoisotopic (exact) mass is 224 g/mol. The van der Waals surface area contributed by atoms with Crippen molar-refractivity contribution in [3.8, 4) is 0 Å². The van der Waals surface area contributed by atoms with E-state index in [0.29, 0.717) is 12.8 Å². The van der Waals surface area contributed by atoms with Crippen LogP contribution in [0, 0.1) is 0 Å². The van der Waals surface area contributed by atoms with E-state index in [-0.39, 0.29) is 12.3 Å². The Morgan fingerprint density at radius 1 is 1.38 bits per heavy atom. The van der Waals surface area contributed by atoms with Gasteiger partial charge in [0.15, 0.2) is 5.78 Å². The number of Topliss-reactive ketones (excluding diaryl/α,β-unsaturated/α-hetero) is 1. The summed E-state index contributed by atoms with van der Waals surface area (Å²) in [5.41, 5.74) is 0. The Balaban J connectivity index is 2.40. The van der Waals surface area contributed by atoms with E-state index >= 15 is 0 Å². The molecule has 5 nitrogen and oxygen atoms in total. The molecule has 0 heterocycles. The van der Waals surface area contributed by atoms with Crippen molar-refractivity contribution in [2.24, 2.45) is 0 Å². The molecule has 16 heavy (non-hydrogen) atoms. The number of hydrogen-bond donors (Lipinski definition) is 2. The van der Waals surface area contributed by atoms with Gasteiger partial charge in [0.1, 0.15) is 0 Å². The molecule has 1 rings (SSSR count). The Kier molecular flexibility index (Phi) is 4.69. The van der Waals surface area contributed by atoms with Crippen molar-refractivity contribution in [1.29, 1.82) is 0 Å². The molecule has 88 valence electrons. The first-order valence-electron chi connectivity index (χ1n) is 5.37. The lowest BCUT2D eigenvalue weighted by molar-refractivity contribution is -0.140. The largest absolute Gasteiger partial charge is 0.344 e. The molecule has 0 spiro atoms. The normalized spacial score (nSPS) is 20.0. The minimum Gasteiger partial charge on any atom is -0.344 e. The van der Waals surface area contributed by atoms with Crippen molar-refractivity contribution < 1.29 is 14.4 Å². The SMILES string of the molecule is C=CCNC(=O)C(=O)NC1CCCCC1=O. The van der Waals surface area contributed by atoms with Gasteiger partial charge in [-0.05, 0) is 12.8 Å². The van der Waals surface area contributed by atoms with Crippen LogP contribution in [0.2, 0.25) is 0 Å². The fourth-order valence-electron chi connectivity index (χ4n) is 1.60. The van der Waals surface area contributed by atoms with Crippen LogP contribution in [0.4, 0.5) is 0 Å². The minimum atomic E-state index is -0.748. The third-order valence-electron chi connectivity index (χ3n) is 2.47. The van der Waals surface area contributed by atoms with Gasteiger partial charge in [-0.15, -0.1) is 6.58 Å². The molecular weight excluding hydrogens is 208 g/mol. The van der Waals surface area contributed by atoms with Crippen molar-refractivity contribution in [3.05, 3.63) is 12.7 Å². The van der Waals surface area contributed by atoms with Crippen LogP contribution in [0.5, 0.6) is 0 Å². The fraction of sp³-hybridized carbons (Fsp3) is 0.545. The van der Waals surface area contributed by atoms with Gasteiger partial charge in [0, 0.05) is 13.0 Å². The summed E-state index contributed by atoms with van der Waals surface area (Å²) in [6.45, 7) is 3.66. The highest BCUT2D eigenvalue weighted by Gasteiger charge is 2.25. The maximum absolute atomic E-state index is 11.4. The van der Waals surface area contributed by atoms with Crippen molar-refractivity contribution in [3.63, 3.8) is 0 Å². The minimum absolute atomic E-state index is 0.0103. The van der Waals surface area contributed by atoms with E-state index in [1.54, 1.807) is 0 Å². The van der Waals surface area contributed by atoms with E-state index in [2.05, 4.69) is 17.2 Å². The first-order chi connectivity index (χ1) is 7.65. The lowest BCUT2D eigenvalue weighted by atomic mass is 9.94. The van der Waals surface area contributed by atoms with Gasteiger partial charge in [-0.2, -0.15) is 0 Å². The molecule has 1 saturated carbocycles. The van der Waals surface area contributed by atoms with Crippen LogP contribution in [-0.2, 0) is 14.4 Å². The molecule has 0 saturated heterocycles. The van der Waals surface area contributed by atoms with Gasteiger partial charge in [0.25, 0.3) is 0 Å². The van der Waals surface area contributed by atoms with Crippen molar-refractivity contribution in [2.75, 3.05) is 6.54 Å². The molecule has 0 aromatic rings. The molecule has 0 aliphatic heterocycles. The number of rotatable bonds is 3. The van der Waals surface area contributed by atoms with Gasteiger partial charge in [-0.25, -0.2) is 0 Å². The van der Waals surface area contributed by atoms with E-state index in [1.165, 1.54) is 6.08 Å². The van der Waals surface area contributed by atoms with Crippen LogP contribution in [0.1, 0.15) is 25.7 Å². The standard InChI is InChI=1S/C11H16N2O3/c1-2-7-12-10(15)11(16)13-8-5-3-4-6-9(8)14/h2,8H,1,3-7H2,(H,12,15)(H,13,16). The van der Waals surface area contributed by atoms with Crippen LogP contribution in [0.3, 0.4) is 0 Å². The van der Waals surface area contributed by atoms with Crippen molar-refractivity contribution >= 4 is 17.6 Å². The second kappa shape index (κ2) is 6.05. The second-order valence-corrected chi connectivity index (χ2v) is 3.74. The van der Waals surface area contributed by atoms with Crippen LogP contribution < -0.4 is 10.6 Å². The van der Waals surface area contributed by atoms with Crippen LogP contribution in [-0.4, -0.2) is 30.2 Å². The van der Waals surface area contributed by atoms with Crippen LogP contribution in [0.25, 0.3) is 0 Å². The smallest absolute Gasteiger partial charge is 0.309 e. The average molecular weight is 224 g/mol. The summed E-state index contributed by atoms with van der Waals surface area (Å²) in [6.07, 6.45) is 4.37. The Morgan fingerprint density at radius 2 is 2.12 bits per heavy atom. The summed E-state index contributed by atoms with van der Waals surface area (Å²) in [7, 11) is 0. The summed E-state index contributed by atoms with van der Waals surface area (Å²) in [6, 6.07) is -0.490. The molecule has 1 fully saturated rings. The number of carbonyl (C=O) groups is 3. The third-order valence-corrected chi connectivity index (χ3v) is 2.47. The molecule has 0 aromatic heterocycles. The molecule has 2 amide bonds. The van der Waals surface area contributed by atoms with E-state index in [4.69, 9.17) is 0 Å². The van der Waals surface area contributed by atoms with Gasteiger partial charge in [0.05, 0.1) is 6.04 Å². The fourth-order valence-corrected chi connectivity index (χ4v) is 1.60. The Labute approximate surface area is 94.3 Å². The Bertz CT molecular complexity index is 312. The van der Waals surface area contributed by atoms with Gasteiger partial charge in [-0.3, -0.25) is 14.4 Å². The second-order valence-electron chi connectivity index (χ2n) is 3.74. The predicted octanol–water partition coefficient (Wildman–Crippen LogP) is -0.0835. The Morgan fingerprint density at radius 3 is 2.75 bits per heavy atom. The molecule has 2 N–H and O–H groups in total. The molecule has 5 heteroatoms. The molecule has 0 bridgehead atoms. The predicted molar refractivity (Wildman–Crippen MR) is 58.6 cm³/mol. The number of hydrogen-bond acceptors (Lipinski definition) is 3. The summed E-state index contributed by atoms with van der Waals surface area (Å²) in [5.74, 6) is -1.46. The molecule has 1 aliphatic carbocycles. The average Bonchev–Trinajstić information content (AvgIpc) is 2.28. The van der Waals surface area contributed by atoms with E-state index in [9.17, 15) is 14.4 Å². The summed E-state index contributed by atoms with van der Waals surface area (Å²) < 4.78 is 0. The molecule has 0 aromatic carbocycles. The Hall–Kier alpha value is -1.65. The first kappa shape index (κ1) is 12.4. The number of ketones is 1. The van der Waals surface area contributed by atoms with E-state index in [1.807, 2.05) is 0 Å². The first-order valence-corrected chi connectivity index (χ1v) is 5.37. The lowest BCUT2D eigenvalue weighted by Crippen LogP contribution is -2.48. The maximum atomic E-state index is 11.4. The van der Waals surface area contributed by atoms with Crippen LogP contribution >= 0.6 is 0 Å². The van der Waals surface area contributed by atoms with Gasteiger partial charge in [0.2, 0.25) is 0 Å². The van der Waals surface area contributed by atoms with Crippen LogP contribution in [0.15, 0.2) is 12.7 Å². The lowest BCUT2D eigenvalue weighted by Gasteiger charge is -2.21. The number of carbonyl (C=O) groups excluding carboxylic acids is 3. The quantitative estimate of drug-likeness (QED) is 0.520. The maximum Gasteiger partial charge on any atom is 0.309 e. The van der Waals surface area contributed by atoms with Crippen molar-refractivity contribution in [1.82, 2.24) is 10.6 Å². The summed E-state index contributed by atoms with van der Waals surface area (Å²) in [5, 5.41) is 4.80. The van der Waals surface area contributed by atoms with E-state index < -0.39 is 17.9 Å².